The minimum Gasteiger partial charge on any atom is -0.427 e. The second-order valence-electron chi connectivity index (χ2n) is 11.4. The average Bonchev–Trinajstić information content (AvgIpc) is 3.52. The molecule has 2 amide bonds. The second-order valence-corrected chi connectivity index (χ2v) is 11.4. The maximum absolute atomic E-state index is 14.5. The lowest BCUT2D eigenvalue weighted by atomic mass is 9.75. The summed E-state index contributed by atoms with van der Waals surface area (Å²) in [6.45, 7) is 5.48. The number of ether oxygens (including phenoxy) is 1. The highest BCUT2D eigenvalue weighted by atomic mass is 16.5. The van der Waals surface area contributed by atoms with E-state index >= 15 is 0 Å². The Kier molecular flexibility index (Phi) is 5.53. The molecule has 1 spiro atoms. The SMILES string of the molecule is CC(=O)Oc1ccc(N2C(=O)[C@@H]3[C@@H](CC(C)C)N[C@]4(c5ccccc5-n5c4nc4ccccc4c5=O)[C@H]3C2=O)cc1. The Morgan fingerprint density at radius 2 is 1.68 bits per heavy atom. The van der Waals surface area contributed by atoms with Gasteiger partial charge >= 0.3 is 5.97 Å². The van der Waals surface area contributed by atoms with Crippen molar-refractivity contribution in [1.82, 2.24) is 14.9 Å². The lowest BCUT2D eigenvalue weighted by molar-refractivity contribution is -0.132. The number of hydrogen-bond acceptors (Lipinski definition) is 7. The molecule has 0 unspecified atom stereocenters. The Labute approximate surface area is 235 Å². The van der Waals surface area contributed by atoms with E-state index in [0.29, 0.717) is 40.3 Å². The molecule has 3 aromatic carbocycles. The van der Waals surface area contributed by atoms with Crippen LogP contribution in [-0.4, -0.2) is 33.4 Å². The molecule has 2 fully saturated rings. The molecule has 3 aliphatic heterocycles. The van der Waals surface area contributed by atoms with E-state index in [1.54, 1.807) is 47.0 Å². The lowest BCUT2D eigenvalue weighted by Crippen LogP contribution is -2.50. The van der Waals surface area contributed by atoms with E-state index in [9.17, 15) is 19.2 Å². The summed E-state index contributed by atoms with van der Waals surface area (Å²) in [4.78, 5) is 60.2. The summed E-state index contributed by atoms with van der Waals surface area (Å²) in [6.07, 6.45) is 0.654. The molecule has 0 saturated carbocycles. The molecule has 4 atom stereocenters. The van der Waals surface area contributed by atoms with Crippen LogP contribution < -0.4 is 20.5 Å². The minimum atomic E-state index is -1.18. The van der Waals surface area contributed by atoms with Gasteiger partial charge in [0.25, 0.3) is 5.56 Å². The van der Waals surface area contributed by atoms with Crippen molar-refractivity contribution in [3.05, 3.63) is 94.5 Å². The van der Waals surface area contributed by atoms with Gasteiger partial charge in [0, 0.05) is 18.5 Å². The number of para-hydroxylation sites is 2. The quantitative estimate of drug-likeness (QED) is 0.235. The van der Waals surface area contributed by atoms with Gasteiger partial charge in [-0.25, -0.2) is 9.88 Å². The summed E-state index contributed by atoms with van der Waals surface area (Å²) in [5, 5.41) is 4.21. The summed E-state index contributed by atoms with van der Waals surface area (Å²) < 4.78 is 6.75. The molecule has 41 heavy (non-hydrogen) atoms. The summed E-state index contributed by atoms with van der Waals surface area (Å²) in [5.41, 5.74) is 0.967. The highest BCUT2D eigenvalue weighted by Crippen LogP contribution is 2.56. The number of benzene rings is 3. The van der Waals surface area contributed by atoms with Crippen molar-refractivity contribution in [2.24, 2.45) is 17.8 Å². The van der Waals surface area contributed by atoms with Gasteiger partial charge in [0.15, 0.2) is 0 Å². The Morgan fingerprint density at radius 1 is 0.976 bits per heavy atom. The van der Waals surface area contributed by atoms with Gasteiger partial charge < -0.3 is 4.74 Å². The third-order valence-electron chi connectivity index (χ3n) is 8.44. The number of hydrogen-bond donors (Lipinski definition) is 1. The van der Waals surface area contributed by atoms with Gasteiger partial charge in [-0.1, -0.05) is 44.2 Å². The Morgan fingerprint density at radius 3 is 2.41 bits per heavy atom. The molecule has 4 heterocycles. The molecule has 9 heteroatoms. The first-order chi connectivity index (χ1) is 19.7. The first kappa shape index (κ1) is 25.3. The van der Waals surface area contributed by atoms with E-state index in [1.807, 2.05) is 30.3 Å². The van der Waals surface area contributed by atoms with Gasteiger partial charge in [-0.05, 0) is 54.8 Å². The van der Waals surface area contributed by atoms with Crippen molar-refractivity contribution in [1.29, 1.82) is 0 Å². The number of carbonyl (C=O) groups excluding carboxylic acids is 3. The van der Waals surface area contributed by atoms with E-state index in [1.165, 1.54) is 11.8 Å². The largest absolute Gasteiger partial charge is 0.427 e. The molecular formula is C32H28N4O5. The van der Waals surface area contributed by atoms with Crippen molar-refractivity contribution in [3.63, 3.8) is 0 Å². The van der Waals surface area contributed by atoms with E-state index < -0.39 is 23.3 Å². The zero-order valence-electron chi connectivity index (χ0n) is 22.8. The molecule has 9 nitrogen and oxygen atoms in total. The highest BCUT2D eigenvalue weighted by molar-refractivity contribution is 6.23. The first-order valence-corrected chi connectivity index (χ1v) is 13.8. The minimum absolute atomic E-state index is 0.213. The number of nitrogens with zero attached hydrogens (tertiary/aromatic N) is 3. The number of anilines is 1. The van der Waals surface area contributed by atoms with Crippen molar-refractivity contribution in [2.45, 2.75) is 38.8 Å². The van der Waals surface area contributed by atoms with Crippen LogP contribution in [0, 0.1) is 17.8 Å². The van der Waals surface area contributed by atoms with E-state index in [4.69, 9.17) is 9.72 Å². The Bertz CT molecular complexity index is 1830. The highest BCUT2D eigenvalue weighted by Gasteiger charge is 2.69. The molecular weight excluding hydrogens is 520 g/mol. The topological polar surface area (TPSA) is 111 Å². The van der Waals surface area contributed by atoms with Crippen LogP contribution in [0.4, 0.5) is 5.69 Å². The smallest absolute Gasteiger partial charge is 0.308 e. The molecule has 7 rings (SSSR count). The standard InChI is InChI=1S/C32H28N4O5/c1-17(2)16-24-26-27(30(40)35(29(26)39)19-12-14-20(15-13-19)41-18(3)37)32(34-24)22-9-5-7-11-25(22)36-28(38)21-8-4-6-10-23(21)33-31(32)36/h4-15,17,24,26-27,34H,16H2,1-3H3/t24-,26-,27-,32-/m1/s1. The van der Waals surface area contributed by atoms with Crippen molar-refractivity contribution >= 4 is 34.4 Å². The number of amides is 2. The average molecular weight is 549 g/mol. The maximum atomic E-state index is 14.5. The molecule has 1 aromatic heterocycles. The molecule has 4 aromatic rings. The number of aromatic nitrogens is 2. The van der Waals surface area contributed by atoms with Gasteiger partial charge in [0.2, 0.25) is 11.8 Å². The normalized spacial score (nSPS) is 24.3. The lowest BCUT2D eigenvalue weighted by Gasteiger charge is -2.32. The summed E-state index contributed by atoms with van der Waals surface area (Å²) in [7, 11) is 0. The zero-order chi connectivity index (χ0) is 28.6. The predicted octanol–water partition coefficient (Wildman–Crippen LogP) is 3.69. The van der Waals surface area contributed by atoms with Crippen LogP contribution in [0.3, 0.4) is 0 Å². The van der Waals surface area contributed by atoms with Crippen LogP contribution in [-0.2, 0) is 19.9 Å². The fourth-order valence-electron chi connectivity index (χ4n) is 7.01. The van der Waals surface area contributed by atoms with E-state index in [-0.39, 0.29) is 29.3 Å². The maximum Gasteiger partial charge on any atom is 0.308 e. The predicted molar refractivity (Wildman–Crippen MR) is 152 cm³/mol. The van der Waals surface area contributed by atoms with Gasteiger partial charge in [-0.15, -0.1) is 0 Å². The molecule has 0 aliphatic carbocycles. The van der Waals surface area contributed by atoms with Gasteiger partial charge in [-0.2, -0.15) is 0 Å². The van der Waals surface area contributed by atoms with Gasteiger partial charge in [0.1, 0.15) is 17.1 Å². The molecule has 1 N–H and O–H groups in total. The molecule has 0 radical (unpaired) electrons. The van der Waals surface area contributed by atoms with Crippen LogP contribution in [0.1, 0.15) is 38.6 Å². The number of imide groups is 1. The molecule has 3 aliphatic rings. The number of nitrogens with one attached hydrogen (secondary N) is 1. The van der Waals surface area contributed by atoms with Crippen LogP contribution in [0.15, 0.2) is 77.6 Å². The van der Waals surface area contributed by atoms with Crippen molar-refractivity contribution in [2.75, 3.05) is 4.90 Å². The van der Waals surface area contributed by atoms with Crippen molar-refractivity contribution in [3.8, 4) is 11.4 Å². The molecule has 0 bridgehead atoms. The number of fused-ring (bicyclic) bond motifs is 8. The molecule has 206 valence electrons. The number of carbonyl (C=O) groups is 3. The third kappa shape index (κ3) is 3.48. The third-order valence-corrected chi connectivity index (χ3v) is 8.44. The van der Waals surface area contributed by atoms with Crippen LogP contribution in [0.2, 0.25) is 0 Å². The van der Waals surface area contributed by atoms with Crippen LogP contribution >= 0.6 is 0 Å². The second kappa shape index (κ2) is 8.94. The zero-order valence-corrected chi connectivity index (χ0v) is 22.8. The monoisotopic (exact) mass is 548 g/mol. The summed E-state index contributed by atoms with van der Waals surface area (Å²) >= 11 is 0. The number of esters is 1. The Hall–Kier alpha value is -4.63. The van der Waals surface area contributed by atoms with Crippen molar-refractivity contribution < 1.29 is 19.1 Å². The summed E-state index contributed by atoms with van der Waals surface area (Å²) in [5.74, 6) is -1.61. The first-order valence-electron chi connectivity index (χ1n) is 13.8. The van der Waals surface area contributed by atoms with Gasteiger partial charge in [0.05, 0.1) is 34.1 Å². The van der Waals surface area contributed by atoms with E-state index in [2.05, 4.69) is 19.2 Å². The van der Waals surface area contributed by atoms with E-state index in [0.717, 1.165) is 5.56 Å². The molecule has 2 saturated heterocycles. The van der Waals surface area contributed by atoms with Crippen LogP contribution in [0.25, 0.3) is 16.6 Å². The summed E-state index contributed by atoms with van der Waals surface area (Å²) in [6, 6.07) is 20.7. The van der Waals surface area contributed by atoms with Gasteiger partial charge in [-0.3, -0.25) is 29.1 Å². The van der Waals surface area contributed by atoms with Crippen LogP contribution in [0.5, 0.6) is 5.75 Å². The Balaban J connectivity index is 1.45. The fourth-order valence-corrected chi connectivity index (χ4v) is 7.01. The fraction of sp³-hybridized carbons (Fsp3) is 0.281. The number of rotatable bonds is 4.